The molecule has 0 spiro atoms. The van der Waals surface area contributed by atoms with E-state index in [0.29, 0.717) is 29.0 Å². The number of aliphatic imine (C=N–C) groups is 1. The number of nitrogens with two attached hydrogens (primary N) is 2. The van der Waals surface area contributed by atoms with Crippen LogP contribution in [-0.2, 0) is 85.7 Å². The number of guanidine groups is 1. The fourth-order valence-electron chi connectivity index (χ4n) is 8.49. The Morgan fingerprint density at radius 1 is 0.529 bits per heavy atom. The fraction of sp³-hybridized carbons (Fsp3) is 0.312. The highest BCUT2D eigenvalue weighted by Crippen LogP contribution is 2.18. The van der Waals surface area contributed by atoms with Gasteiger partial charge in [-0.15, -0.1) is 0 Å². The third-order valence-corrected chi connectivity index (χ3v) is 14.3. The lowest BCUT2D eigenvalue weighted by atomic mass is 10.0. The van der Waals surface area contributed by atoms with Crippen molar-refractivity contribution in [2.45, 2.75) is 120 Å². The molecule has 23 heteroatoms. The average molecular weight is 1210 g/mol. The molecular weight excluding hydrogens is 1130 g/mol. The van der Waals surface area contributed by atoms with Gasteiger partial charge in [0.2, 0.25) is 35.5 Å². The molecule has 0 saturated carbocycles. The van der Waals surface area contributed by atoms with Crippen molar-refractivity contribution < 1.29 is 60.9 Å². The molecule has 0 saturated heterocycles. The zero-order valence-electron chi connectivity index (χ0n) is 48.9. The molecule has 0 aliphatic heterocycles. The number of rotatable bonds is 31. The molecule has 0 bridgehead atoms. The maximum absolute atomic E-state index is 14.9. The molecule has 5 atom stereocenters. The van der Waals surface area contributed by atoms with Gasteiger partial charge >= 0.3 is 12.1 Å². The van der Waals surface area contributed by atoms with E-state index in [2.05, 4.69) is 36.3 Å². The number of aryl methyl sites for hydroxylation is 1. The highest BCUT2D eigenvalue weighted by molar-refractivity contribution is 7.90. The highest BCUT2D eigenvalue weighted by atomic mass is 32.2. The molecule has 6 aromatic carbocycles. The van der Waals surface area contributed by atoms with Crippen LogP contribution < -0.4 is 47.5 Å². The van der Waals surface area contributed by atoms with Crippen LogP contribution in [0.15, 0.2) is 180 Å². The van der Waals surface area contributed by atoms with E-state index in [1.165, 1.54) is 12.1 Å². The van der Waals surface area contributed by atoms with Gasteiger partial charge in [0, 0.05) is 19.4 Å². The number of nitrogens with zero attached hydrogens (tertiary/aromatic N) is 1. The first kappa shape index (κ1) is 66.5. The number of amides is 6. The summed E-state index contributed by atoms with van der Waals surface area (Å²) in [6.07, 6.45) is -2.13. The van der Waals surface area contributed by atoms with Crippen LogP contribution in [0.2, 0.25) is 0 Å². The summed E-state index contributed by atoms with van der Waals surface area (Å²) in [5, 5.41) is 13.1. The molecule has 0 aliphatic carbocycles. The van der Waals surface area contributed by atoms with Crippen molar-refractivity contribution in [3.05, 3.63) is 203 Å². The Kier molecular flexibility index (Phi) is 25.4. The first-order chi connectivity index (χ1) is 41.6. The normalized spacial score (nSPS) is 13.2. The quantitative estimate of drug-likeness (QED) is 0.0122. The molecule has 0 radical (unpaired) electrons. The highest BCUT2D eigenvalue weighted by Gasteiger charge is 2.34. The van der Waals surface area contributed by atoms with Crippen molar-refractivity contribution in [3.63, 3.8) is 0 Å². The monoisotopic (exact) mass is 1210 g/mol. The van der Waals surface area contributed by atoms with Crippen LogP contribution in [0.1, 0.15) is 73.4 Å². The van der Waals surface area contributed by atoms with Crippen molar-refractivity contribution in [2.75, 3.05) is 13.2 Å². The second-order valence-corrected chi connectivity index (χ2v) is 23.0. The summed E-state index contributed by atoms with van der Waals surface area (Å²) in [5.74, 6) is -5.33. The predicted molar refractivity (Wildman–Crippen MR) is 325 cm³/mol. The topological polar surface area (TPSA) is 327 Å². The van der Waals surface area contributed by atoms with Gasteiger partial charge in [-0.25, -0.2) is 22.7 Å². The molecule has 87 heavy (non-hydrogen) atoms. The summed E-state index contributed by atoms with van der Waals surface area (Å²) in [6, 6.07) is 41.6. The number of carbonyl (C=O) groups excluding carboxylic acids is 7. The van der Waals surface area contributed by atoms with Crippen molar-refractivity contribution in [2.24, 2.45) is 16.5 Å². The zero-order valence-corrected chi connectivity index (χ0v) is 49.8. The fourth-order valence-corrected chi connectivity index (χ4v) is 9.44. The summed E-state index contributed by atoms with van der Waals surface area (Å²) >= 11 is 0. The molecule has 6 rings (SSSR count). The Morgan fingerprint density at radius 3 is 1.57 bits per heavy atom. The smallest absolute Gasteiger partial charge is 0.408 e. The number of alkyl carbamates (subject to hydrolysis) is 1. The van der Waals surface area contributed by atoms with Gasteiger partial charge in [-0.3, -0.25) is 29.0 Å². The van der Waals surface area contributed by atoms with Crippen LogP contribution in [0.5, 0.6) is 5.75 Å². The van der Waals surface area contributed by atoms with Gasteiger partial charge in [0.05, 0.1) is 24.5 Å². The van der Waals surface area contributed by atoms with Gasteiger partial charge in [0.1, 0.15) is 54.8 Å². The standard InChI is InChI=1S/C64H75N9O13S/c1-43-27-33-50(34-28-43)87(81,82)73-62(66)67-35-17-26-51(57(75)70-54(61(79)85-41-48-24-15-8-16-25-48)37-45-29-31-49(32-30-45)84-40-47-22-13-7-14-23-47)68-58(76)52(36-44-18-9-5-10-19-44)69-60(78)55(42-83-39-46-20-11-6-12-21-46)71-59(77)53(38-56(65)74)72-63(80)86-64(2,3)4/h5-16,18-25,27-34,51-55H,17,26,35-42H2,1-4H3,(H2,65,74)(H,68,76)(H,69,78)(H,70,75)(H,71,77)(H,72,80)(H3,66,67,73)/t51-,52+,53+,54+,55+/m1/s1. The molecule has 0 fully saturated rings. The molecular formula is C64H75N9O13S. The molecule has 6 aromatic rings. The van der Waals surface area contributed by atoms with Crippen LogP contribution in [-0.4, -0.2) is 105 Å². The van der Waals surface area contributed by atoms with Gasteiger partial charge < -0.3 is 57.0 Å². The number of hydrogen-bond acceptors (Lipinski definition) is 14. The molecule has 0 heterocycles. The van der Waals surface area contributed by atoms with E-state index in [1.807, 2.05) is 36.4 Å². The van der Waals surface area contributed by atoms with Crippen molar-refractivity contribution in [1.82, 2.24) is 31.3 Å². The van der Waals surface area contributed by atoms with Crippen LogP contribution in [0.25, 0.3) is 0 Å². The third-order valence-electron chi connectivity index (χ3n) is 12.9. The Labute approximate surface area is 506 Å². The third kappa shape index (κ3) is 23.8. The maximum atomic E-state index is 14.9. The minimum atomic E-state index is -4.13. The lowest BCUT2D eigenvalue weighted by Gasteiger charge is -2.27. The predicted octanol–water partition coefficient (Wildman–Crippen LogP) is 5.10. The number of esters is 1. The Morgan fingerprint density at radius 2 is 1.00 bits per heavy atom. The Balaban J connectivity index is 1.29. The summed E-state index contributed by atoms with van der Waals surface area (Å²) < 4.78 is 51.5. The van der Waals surface area contributed by atoms with Gasteiger partial charge in [-0.05, 0) is 92.6 Å². The van der Waals surface area contributed by atoms with Gasteiger partial charge in [-0.1, -0.05) is 151 Å². The van der Waals surface area contributed by atoms with Crippen molar-refractivity contribution >= 4 is 57.6 Å². The Hall–Kier alpha value is -9.61. The van der Waals surface area contributed by atoms with Crippen LogP contribution >= 0.6 is 0 Å². The summed E-state index contributed by atoms with van der Waals surface area (Å²) in [6.45, 7) is 6.11. The summed E-state index contributed by atoms with van der Waals surface area (Å²) in [7, 11) is -4.13. The number of carbonyl (C=O) groups is 7. The largest absolute Gasteiger partial charge is 0.489 e. The first-order valence-corrected chi connectivity index (χ1v) is 29.6. The molecule has 6 amide bonds. The molecule has 0 unspecified atom stereocenters. The number of ether oxygens (including phenoxy) is 4. The Bertz CT molecular complexity index is 3360. The number of primary amides is 1. The number of nitrogens with one attached hydrogen (secondary N) is 6. The first-order valence-electron chi connectivity index (χ1n) is 28.1. The van der Waals surface area contributed by atoms with E-state index in [9.17, 15) is 42.0 Å². The molecule has 22 nitrogen and oxygen atoms in total. The molecule has 460 valence electrons. The molecule has 0 aliphatic rings. The van der Waals surface area contributed by atoms with Gasteiger partial charge in [-0.2, -0.15) is 0 Å². The number of sulfonamides is 1. The van der Waals surface area contributed by atoms with Crippen LogP contribution in [0, 0.1) is 6.92 Å². The average Bonchev–Trinajstić information content (AvgIpc) is 3.66. The van der Waals surface area contributed by atoms with Crippen molar-refractivity contribution in [3.8, 4) is 5.75 Å². The minimum Gasteiger partial charge on any atom is -0.489 e. The maximum Gasteiger partial charge on any atom is 0.408 e. The molecule has 0 aromatic heterocycles. The van der Waals surface area contributed by atoms with E-state index in [0.717, 1.165) is 16.7 Å². The second kappa shape index (κ2) is 33.2. The summed E-state index contributed by atoms with van der Waals surface area (Å²) in [5.41, 5.74) is 14.9. The lowest BCUT2D eigenvalue weighted by Crippen LogP contribution is -2.60. The molecule has 10 N–H and O–H groups in total. The second-order valence-electron chi connectivity index (χ2n) is 21.3. The van der Waals surface area contributed by atoms with E-state index in [1.54, 1.807) is 149 Å². The van der Waals surface area contributed by atoms with Gasteiger partial charge in [0.15, 0.2) is 0 Å². The number of benzene rings is 6. The zero-order chi connectivity index (χ0) is 62.8. The van der Waals surface area contributed by atoms with E-state index in [-0.39, 0.29) is 50.3 Å². The van der Waals surface area contributed by atoms with Gasteiger partial charge in [0.25, 0.3) is 10.0 Å². The summed E-state index contributed by atoms with van der Waals surface area (Å²) in [4.78, 5) is 102. The van der Waals surface area contributed by atoms with Crippen molar-refractivity contribution in [1.29, 1.82) is 0 Å². The minimum absolute atomic E-state index is 0.00522. The lowest BCUT2D eigenvalue weighted by molar-refractivity contribution is -0.149. The number of hydrogen-bond donors (Lipinski definition) is 8. The van der Waals surface area contributed by atoms with E-state index >= 15 is 0 Å². The van der Waals surface area contributed by atoms with E-state index < -0.39 is 106 Å². The van der Waals surface area contributed by atoms with E-state index in [4.69, 9.17) is 30.4 Å². The SMILES string of the molecule is Cc1ccc(S(=O)(=O)NC(N)=NCCC[C@@H](NC(=O)[C@H](Cc2ccccc2)NC(=O)[C@H](COCc2ccccc2)NC(=O)[C@H](CC(N)=O)NC(=O)OC(C)(C)C)C(=O)N[C@@H](Cc2ccc(OCc3ccccc3)cc2)C(=O)OCc2ccccc2)cc1. The van der Waals surface area contributed by atoms with Crippen LogP contribution in [0.3, 0.4) is 0 Å². The van der Waals surface area contributed by atoms with Crippen LogP contribution in [0.4, 0.5) is 4.79 Å².